The van der Waals surface area contributed by atoms with Crippen molar-refractivity contribution in [1.29, 1.82) is 0 Å². The Morgan fingerprint density at radius 2 is 1.96 bits per heavy atom. The van der Waals surface area contributed by atoms with E-state index in [0.717, 1.165) is 10.6 Å². The Labute approximate surface area is 166 Å². The molecule has 4 rings (SSSR count). The summed E-state index contributed by atoms with van der Waals surface area (Å²) in [5.41, 5.74) is 0.794. The molecule has 2 N–H and O–H groups in total. The molecule has 0 bridgehead atoms. The number of carbonyl (C=O) groups is 3. The molecule has 1 saturated heterocycles. The Balaban J connectivity index is 1.26. The van der Waals surface area contributed by atoms with Gasteiger partial charge in [0.2, 0.25) is 11.8 Å². The Hall–Kier alpha value is -2.74. The lowest BCUT2D eigenvalue weighted by atomic mass is 10.0. The first-order chi connectivity index (χ1) is 13.6. The van der Waals surface area contributed by atoms with Crippen LogP contribution in [0.5, 0.6) is 0 Å². The van der Waals surface area contributed by atoms with Crippen LogP contribution in [0.15, 0.2) is 52.0 Å². The molecule has 2 aromatic rings. The van der Waals surface area contributed by atoms with Crippen molar-refractivity contribution in [3.05, 3.63) is 48.4 Å². The van der Waals surface area contributed by atoms with Gasteiger partial charge in [-0.3, -0.25) is 14.4 Å². The summed E-state index contributed by atoms with van der Waals surface area (Å²) >= 11 is 1.42. The normalized spacial score (nSPS) is 19.6. The van der Waals surface area contributed by atoms with Crippen molar-refractivity contribution in [2.45, 2.75) is 35.4 Å². The summed E-state index contributed by atoms with van der Waals surface area (Å²) < 4.78 is 5.16. The highest BCUT2D eigenvalue weighted by Crippen LogP contribution is 2.36. The zero-order valence-electron chi connectivity index (χ0n) is 15.2. The summed E-state index contributed by atoms with van der Waals surface area (Å²) in [5.74, 6) is -0.0626. The molecule has 0 aliphatic carbocycles. The van der Waals surface area contributed by atoms with Crippen molar-refractivity contribution in [2.24, 2.45) is 0 Å². The van der Waals surface area contributed by atoms with Gasteiger partial charge in [-0.25, -0.2) is 0 Å². The molecule has 1 aromatic carbocycles. The Kier molecular flexibility index (Phi) is 5.38. The van der Waals surface area contributed by atoms with Crippen molar-refractivity contribution < 1.29 is 18.8 Å². The number of furan rings is 1. The zero-order chi connectivity index (χ0) is 19.5. The van der Waals surface area contributed by atoms with E-state index in [0.29, 0.717) is 31.7 Å². The molecule has 1 atom stereocenters. The number of benzene rings is 1. The SMILES string of the molecule is O=C(C[C@@H]1Sc2ccccc2NC1=O)NC1CCN(C(=O)c2ccco2)CC1. The molecule has 1 fully saturated rings. The fourth-order valence-electron chi connectivity index (χ4n) is 3.47. The van der Waals surface area contributed by atoms with Crippen LogP contribution in [0.25, 0.3) is 0 Å². The number of fused-ring (bicyclic) bond motifs is 1. The monoisotopic (exact) mass is 399 g/mol. The highest BCUT2D eigenvalue weighted by atomic mass is 32.2. The number of carbonyl (C=O) groups excluding carboxylic acids is 3. The second-order valence-electron chi connectivity index (χ2n) is 6.91. The van der Waals surface area contributed by atoms with Gasteiger partial charge in [0.25, 0.3) is 5.91 Å². The van der Waals surface area contributed by atoms with Gasteiger partial charge in [0.1, 0.15) is 0 Å². The van der Waals surface area contributed by atoms with E-state index in [4.69, 9.17) is 4.42 Å². The first kappa shape index (κ1) is 18.6. The molecule has 0 radical (unpaired) electrons. The molecule has 2 aliphatic heterocycles. The van der Waals surface area contributed by atoms with Gasteiger partial charge in [-0.2, -0.15) is 0 Å². The summed E-state index contributed by atoms with van der Waals surface area (Å²) in [6.45, 7) is 1.13. The third kappa shape index (κ3) is 4.06. The third-order valence-electron chi connectivity index (χ3n) is 4.96. The van der Waals surface area contributed by atoms with E-state index in [1.807, 2.05) is 24.3 Å². The lowest BCUT2D eigenvalue weighted by Gasteiger charge is -2.32. The predicted molar refractivity (Wildman–Crippen MR) is 105 cm³/mol. The second-order valence-corrected chi connectivity index (χ2v) is 8.15. The standard InChI is InChI=1S/C20H21N3O4S/c24-18(12-17-19(25)22-14-4-1-2-6-16(14)28-17)21-13-7-9-23(10-8-13)20(26)15-5-3-11-27-15/h1-6,11,13,17H,7-10,12H2,(H,21,24)(H,22,25)/t17-/m0/s1. The van der Waals surface area contributed by atoms with Gasteiger partial charge in [-0.15, -0.1) is 11.8 Å². The lowest BCUT2D eigenvalue weighted by molar-refractivity contribution is -0.124. The summed E-state index contributed by atoms with van der Waals surface area (Å²) in [5, 5.41) is 5.43. The fourth-order valence-corrected chi connectivity index (χ4v) is 4.58. The zero-order valence-corrected chi connectivity index (χ0v) is 16.0. The van der Waals surface area contributed by atoms with E-state index in [-0.39, 0.29) is 30.2 Å². The van der Waals surface area contributed by atoms with Crippen molar-refractivity contribution in [1.82, 2.24) is 10.2 Å². The number of amides is 3. The first-order valence-electron chi connectivity index (χ1n) is 9.29. The average molecular weight is 399 g/mol. The number of para-hydroxylation sites is 1. The number of anilines is 1. The molecule has 3 amide bonds. The van der Waals surface area contributed by atoms with Crippen LogP contribution in [-0.2, 0) is 9.59 Å². The number of nitrogens with one attached hydrogen (secondary N) is 2. The number of hydrogen-bond donors (Lipinski definition) is 2. The summed E-state index contributed by atoms with van der Waals surface area (Å²) in [6, 6.07) is 10.9. The Morgan fingerprint density at radius 1 is 1.18 bits per heavy atom. The van der Waals surface area contributed by atoms with E-state index in [1.165, 1.54) is 18.0 Å². The second kappa shape index (κ2) is 8.10. The van der Waals surface area contributed by atoms with Crippen LogP contribution in [0.2, 0.25) is 0 Å². The number of nitrogens with zero attached hydrogens (tertiary/aromatic N) is 1. The molecule has 0 unspecified atom stereocenters. The minimum atomic E-state index is -0.435. The van der Waals surface area contributed by atoms with Gasteiger partial charge in [0.05, 0.1) is 17.2 Å². The fraction of sp³-hybridized carbons (Fsp3) is 0.350. The maximum atomic E-state index is 12.4. The van der Waals surface area contributed by atoms with Gasteiger partial charge in [-0.05, 0) is 37.1 Å². The molecule has 8 heteroatoms. The Bertz CT molecular complexity index is 875. The smallest absolute Gasteiger partial charge is 0.289 e. The maximum absolute atomic E-state index is 12.4. The maximum Gasteiger partial charge on any atom is 0.289 e. The highest BCUT2D eigenvalue weighted by molar-refractivity contribution is 8.01. The van der Waals surface area contributed by atoms with E-state index in [9.17, 15) is 14.4 Å². The van der Waals surface area contributed by atoms with Gasteiger partial charge in [0, 0.05) is 30.4 Å². The van der Waals surface area contributed by atoms with Crippen LogP contribution in [0.3, 0.4) is 0 Å². The molecule has 7 nitrogen and oxygen atoms in total. The highest BCUT2D eigenvalue weighted by Gasteiger charge is 2.30. The number of rotatable bonds is 4. The van der Waals surface area contributed by atoms with Crippen molar-refractivity contribution in [3.63, 3.8) is 0 Å². The molecule has 28 heavy (non-hydrogen) atoms. The molecule has 0 spiro atoms. The third-order valence-corrected chi connectivity index (χ3v) is 6.23. The Morgan fingerprint density at radius 3 is 2.71 bits per heavy atom. The number of hydrogen-bond acceptors (Lipinski definition) is 5. The van der Waals surface area contributed by atoms with E-state index < -0.39 is 5.25 Å². The minimum absolute atomic E-state index is 0.0112. The van der Waals surface area contributed by atoms with Gasteiger partial charge < -0.3 is 20.0 Å². The van der Waals surface area contributed by atoms with E-state index in [1.54, 1.807) is 17.0 Å². The topological polar surface area (TPSA) is 91.7 Å². The molecular formula is C20H21N3O4S. The van der Waals surface area contributed by atoms with Gasteiger partial charge >= 0.3 is 0 Å². The predicted octanol–water partition coefficient (Wildman–Crippen LogP) is 2.50. The van der Waals surface area contributed by atoms with Crippen LogP contribution in [0.4, 0.5) is 5.69 Å². The number of thioether (sulfide) groups is 1. The van der Waals surface area contributed by atoms with Gasteiger partial charge in [0.15, 0.2) is 5.76 Å². The minimum Gasteiger partial charge on any atom is -0.459 e. The molecule has 146 valence electrons. The largest absolute Gasteiger partial charge is 0.459 e. The van der Waals surface area contributed by atoms with Crippen LogP contribution in [0.1, 0.15) is 29.8 Å². The van der Waals surface area contributed by atoms with Crippen LogP contribution < -0.4 is 10.6 Å². The number of likely N-dealkylation sites (tertiary alicyclic amines) is 1. The first-order valence-corrected chi connectivity index (χ1v) is 10.2. The molecule has 3 heterocycles. The van der Waals surface area contributed by atoms with Crippen molar-refractivity contribution in [3.8, 4) is 0 Å². The molecule has 1 aromatic heterocycles. The van der Waals surface area contributed by atoms with Crippen molar-refractivity contribution >= 4 is 35.2 Å². The summed E-state index contributed by atoms with van der Waals surface area (Å²) in [7, 11) is 0. The van der Waals surface area contributed by atoms with E-state index >= 15 is 0 Å². The lowest BCUT2D eigenvalue weighted by Crippen LogP contribution is -2.47. The summed E-state index contributed by atoms with van der Waals surface area (Å²) in [4.78, 5) is 39.7. The molecule has 2 aliphatic rings. The van der Waals surface area contributed by atoms with E-state index in [2.05, 4.69) is 10.6 Å². The quantitative estimate of drug-likeness (QED) is 0.824. The van der Waals surface area contributed by atoms with Crippen LogP contribution >= 0.6 is 11.8 Å². The number of piperidine rings is 1. The van der Waals surface area contributed by atoms with Crippen LogP contribution in [0, 0.1) is 0 Å². The van der Waals surface area contributed by atoms with Gasteiger partial charge in [-0.1, -0.05) is 12.1 Å². The molecule has 0 saturated carbocycles. The average Bonchev–Trinajstić information content (AvgIpc) is 3.23. The van der Waals surface area contributed by atoms with Crippen LogP contribution in [-0.4, -0.2) is 47.0 Å². The summed E-state index contributed by atoms with van der Waals surface area (Å²) in [6.07, 6.45) is 2.99. The van der Waals surface area contributed by atoms with Crippen molar-refractivity contribution in [2.75, 3.05) is 18.4 Å². The molecular weight excluding hydrogens is 378 g/mol.